The molecule has 0 atom stereocenters. The highest BCUT2D eigenvalue weighted by molar-refractivity contribution is 5.86. The van der Waals surface area contributed by atoms with Crippen LogP contribution in [-0.2, 0) is 13.1 Å². The lowest BCUT2D eigenvalue weighted by Gasteiger charge is -2.26. The standard InChI is InChI=1S/C24H33N9O/c1-2-3-10-31(12-13-34)23-21-20(28-24(25)29-23)16-32(30-21)15-17-7-8-19(14-27-18-5-4-6-18)33-11-9-26-22(17)33/h7-9,11,16,18,27,34H,2-6,10,12-15H2,1H3,(H2,25,28). The largest absolute Gasteiger partial charge is 0.395 e. The summed E-state index contributed by atoms with van der Waals surface area (Å²) in [5.41, 5.74) is 10.6. The Hall–Kier alpha value is -3.24. The van der Waals surface area contributed by atoms with E-state index in [-0.39, 0.29) is 12.6 Å². The predicted molar refractivity (Wildman–Crippen MR) is 133 cm³/mol. The first kappa shape index (κ1) is 22.5. The summed E-state index contributed by atoms with van der Waals surface area (Å²) in [4.78, 5) is 15.5. The minimum atomic E-state index is 0.0373. The zero-order chi connectivity index (χ0) is 23.5. The van der Waals surface area contributed by atoms with E-state index in [4.69, 9.17) is 10.8 Å². The number of aromatic nitrogens is 6. The van der Waals surface area contributed by atoms with Crippen LogP contribution < -0.4 is 16.0 Å². The first-order valence-electron chi connectivity index (χ1n) is 12.2. The lowest BCUT2D eigenvalue weighted by molar-refractivity contribution is 0.301. The Kier molecular flexibility index (Phi) is 6.59. The van der Waals surface area contributed by atoms with Gasteiger partial charge in [-0.1, -0.05) is 25.8 Å². The predicted octanol–water partition coefficient (Wildman–Crippen LogP) is 2.35. The third kappa shape index (κ3) is 4.55. The second kappa shape index (κ2) is 9.94. The van der Waals surface area contributed by atoms with E-state index in [9.17, 15) is 5.11 Å². The number of nitrogens with zero attached hydrogens (tertiary/aromatic N) is 7. The molecule has 4 aromatic heterocycles. The molecule has 10 nitrogen and oxygen atoms in total. The molecule has 5 rings (SSSR count). The van der Waals surface area contributed by atoms with Crippen LogP contribution >= 0.6 is 0 Å². The SMILES string of the molecule is CCCCN(CCO)c1nc(N)nc2cn(Cc3ccc(CNC4CCC4)n4ccnc34)nc12. The molecule has 0 bridgehead atoms. The molecule has 0 saturated heterocycles. The Morgan fingerprint density at radius 2 is 2.12 bits per heavy atom. The van der Waals surface area contributed by atoms with Crippen molar-refractivity contribution in [2.45, 2.75) is 58.2 Å². The number of fused-ring (bicyclic) bond motifs is 2. The van der Waals surface area contributed by atoms with Gasteiger partial charge in [-0.15, -0.1) is 0 Å². The summed E-state index contributed by atoms with van der Waals surface area (Å²) in [6, 6.07) is 4.93. The molecule has 0 spiro atoms. The van der Waals surface area contributed by atoms with Crippen LogP contribution in [0.25, 0.3) is 16.7 Å². The van der Waals surface area contributed by atoms with E-state index in [1.807, 2.05) is 28.2 Å². The Morgan fingerprint density at radius 1 is 1.24 bits per heavy atom. The number of aliphatic hydroxyl groups excluding tert-OH is 1. The lowest BCUT2D eigenvalue weighted by Crippen LogP contribution is -2.34. The van der Waals surface area contributed by atoms with Gasteiger partial charge in [-0.25, -0.2) is 9.97 Å². The maximum Gasteiger partial charge on any atom is 0.222 e. The summed E-state index contributed by atoms with van der Waals surface area (Å²) in [6.45, 7) is 4.82. The molecule has 10 heteroatoms. The van der Waals surface area contributed by atoms with Crippen molar-refractivity contribution < 1.29 is 5.11 Å². The molecule has 1 aliphatic carbocycles. The molecule has 1 aliphatic rings. The van der Waals surface area contributed by atoms with Crippen LogP contribution in [0.5, 0.6) is 0 Å². The number of aliphatic hydroxyl groups is 1. The Morgan fingerprint density at radius 3 is 2.88 bits per heavy atom. The van der Waals surface area contributed by atoms with E-state index in [1.54, 1.807) is 0 Å². The lowest BCUT2D eigenvalue weighted by atomic mass is 9.93. The number of nitrogens with two attached hydrogens (primary N) is 1. The smallest absolute Gasteiger partial charge is 0.222 e. The van der Waals surface area contributed by atoms with Crippen LogP contribution in [0.4, 0.5) is 11.8 Å². The number of pyridine rings is 1. The average Bonchev–Trinajstić information content (AvgIpc) is 3.43. The number of hydrogen-bond donors (Lipinski definition) is 3. The van der Waals surface area contributed by atoms with Gasteiger partial charge in [0.25, 0.3) is 0 Å². The summed E-state index contributed by atoms with van der Waals surface area (Å²) in [7, 11) is 0. The van der Waals surface area contributed by atoms with E-state index in [1.165, 1.54) is 25.0 Å². The second-order valence-electron chi connectivity index (χ2n) is 9.01. The molecular weight excluding hydrogens is 430 g/mol. The van der Waals surface area contributed by atoms with Crippen molar-refractivity contribution in [3.63, 3.8) is 0 Å². The molecule has 1 saturated carbocycles. The maximum atomic E-state index is 9.57. The van der Waals surface area contributed by atoms with Crippen molar-refractivity contribution in [1.82, 2.24) is 34.4 Å². The molecule has 34 heavy (non-hydrogen) atoms. The van der Waals surface area contributed by atoms with Gasteiger partial charge < -0.3 is 25.5 Å². The maximum absolute atomic E-state index is 9.57. The minimum absolute atomic E-state index is 0.0373. The number of nitrogen functional groups attached to an aromatic ring is 1. The van der Waals surface area contributed by atoms with Gasteiger partial charge in [0.15, 0.2) is 11.3 Å². The quantitative estimate of drug-likeness (QED) is 0.310. The molecular formula is C24H33N9O. The monoisotopic (exact) mass is 463 g/mol. The van der Waals surface area contributed by atoms with E-state index < -0.39 is 0 Å². The number of hydrogen-bond acceptors (Lipinski definition) is 8. The van der Waals surface area contributed by atoms with Crippen LogP contribution in [0, 0.1) is 0 Å². The highest BCUT2D eigenvalue weighted by Crippen LogP contribution is 2.25. The van der Waals surface area contributed by atoms with Gasteiger partial charge in [-0.3, -0.25) is 4.68 Å². The highest BCUT2D eigenvalue weighted by Gasteiger charge is 2.19. The molecule has 0 unspecified atom stereocenters. The Bertz CT molecular complexity index is 1260. The normalized spacial score (nSPS) is 14.2. The highest BCUT2D eigenvalue weighted by atomic mass is 16.3. The molecule has 0 radical (unpaired) electrons. The molecule has 0 aliphatic heterocycles. The summed E-state index contributed by atoms with van der Waals surface area (Å²) in [5, 5.41) is 18.0. The van der Waals surface area contributed by atoms with E-state index in [0.29, 0.717) is 36.0 Å². The van der Waals surface area contributed by atoms with Gasteiger partial charge in [0, 0.05) is 49.3 Å². The van der Waals surface area contributed by atoms with Crippen LogP contribution in [-0.4, -0.2) is 60.0 Å². The van der Waals surface area contributed by atoms with Crippen LogP contribution in [0.15, 0.2) is 30.7 Å². The third-order valence-electron chi connectivity index (χ3n) is 6.58. The average molecular weight is 464 g/mol. The van der Waals surface area contributed by atoms with Gasteiger partial charge in [0.2, 0.25) is 5.95 Å². The van der Waals surface area contributed by atoms with E-state index in [2.05, 4.69) is 43.7 Å². The molecule has 4 heterocycles. The van der Waals surface area contributed by atoms with Gasteiger partial charge in [-0.2, -0.15) is 10.1 Å². The number of nitrogens with one attached hydrogen (secondary N) is 1. The van der Waals surface area contributed by atoms with Gasteiger partial charge in [0.1, 0.15) is 11.2 Å². The summed E-state index contributed by atoms with van der Waals surface area (Å²) in [6.07, 6.45) is 11.7. The van der Waals surface area contributed by atoms with Crippen molar-refractivity contribution in [2.75, 3.05) is 30.3 Å². The summed E-state index contributed by atoms with van der Waals surface area (Å²) >= 11 is 0. The second-order valence-corrected chi connectivity index (χ2v) is 9.01. The first-order chi connectivity index (χ1) is 16.7. The van der Waals surface area contributed by atoms with Crippen molar-refractivity contribution in [2.24, 2.45) is 0 Å². The van der Waals surface area contributed by atoms with Crippen LogP contribution in [0.1, 0.15) is 50.3 Å². The molecule has 180 valence electrons. The Balaban J connectivity index is 1.43. The van der Waals surface area contributed by atoms with Gasteiger partial charge in [0.05, 0.1) is 19.3 Å². The topological polar surface area (TPSA) is 122 Å². The van der Waals surface area contributed by atoms with Crippen molar-refractivity contribution in [1.29, 1.82) is 0 Å². The molecule has 0 amide bonds. The fourth-order valence-electron chi connectivity index (χ4n) is 4.48. The van der Waals surface area contributed by atoms with Gasteiger partial charge in [-0.05, 0) is 25.3 Å². The molecule has 4 aromatic rings. The zero-order valence-corrected chi connectivity index (χ0v) is 19.7. The van der Waals surface area contributed by atoms with Crippen LogP contribution in [0.2, 0.25) is 0 Å². The van der Waals surface area contributed by atoms with E-state index in [0.717, 1.165) is 37.1 Å². The molecule has 1 fully saturated rings. The van der Waals surface area contributed by atoms with Crippen molar-refractivity contribution in [3.8, 4) is 0 Å². The van der Waals surface area contributed by atoms with Crippen molar-refractivity contribution >= 4 is 28.4 Å². The van der Waals surface area contributed by atoms with E-state index >= 15 is 0 Å². The summed E-state index contributed by atoms with van der Waals surface area (Å²) in [5.74, 6) is 0.882. The fraction of sp³-hybridized carbons (Fsp3) is 0.500. The first-order valence-corrected chi connectivity index (χ1v) is 12.2. The Labute approximate surface area is 198 Å². The number of unbranched alkanes of at least 4 members (excludes halogenated alkanes) is 1. The molecule has 0 aromatic carbocycles. The fourth-order valence-corrected chi connectivity index (χ4v) is 4.48. The number of anilines is 2. The molecule has 4 N–H and O–H groups in total. The number of imidazole rings is 1. The van der Waals surface area contributed by atoms with Crippen LogP contribution in [0.3, 0.4) is 0 Å². The number of rotatable bonds is 11. The third-order valence-corrected chi connectivity index (χ3v) is 6.58. The van der Waals surface area contributed by atoms with Crippen molar-refractivity contribution in [3.05, 3.63) is 42.0 Å². The zero-order valence-electron chi connectivity index (χ0n) is 19.7. The summed E-state index contributed by atoms with van der Waals surface area (Å²) < 4.78 is 4.02. The van der Waals surface area contributed by atoms with Gasteiger partial charge >= 0.3 is 0 Å². The minimum Gasteiger partial charge on any atom is -0.395 e.